The average Bonchev–Trinajstić information content (AvgIpc) is 2.91. The second kappa shape index (κ2) is 5.21. The van der Waals surface area contributed by atoms with Crippen LogP contribution < -0.4 is 0 Å². The number of nitrogens with zero attached hydrogens (tertiary/aromatic N) is 2. The SMILES string of the molecule is O=NN1CCC2(CC1)O[C@@H](c1ccccc1)c1ccccc12. The van der Waals surface area contributed by atoms with Gasteiger partial charge in [0.1, 0.15) is 6.10 Å². The van der Waals surface area contributed by atoms with Gasteiger partial charge in [-0.3, -0.25) is 5.01 Å². The van der Waals surface area contributed by atoms with Gasteiger partial charge in [0.05, 0.1) is 10.9 Å². The fourth-order valence-corrected chi connectivity index (χ4v) is 3.69. The monoisotopic (exact) mass is 294 g/mol. The van der Waals surface area contributed by atoms with Crippen LogP contribution in [0.3, 0.4) is 0 Å². The molecule has 112 valence electrons. The lowest BCUT2D eigenvalue weighted by Gasteiger charge is -2.37. The largest absolute Gasteiger partial charge is 0.357 e. The van der Waals surface area contributed by atoms with E-state index in [0.29, 0.717) is 13.1 Å². The maximum Gasteiger partial charge on any atom is 0.109 e. The Morgan fingerprint density at radius 3 is 2.41 bits per heavy atom. The molecule has 2 aliphatic heterocycles. The molecule has 0 bridgehead atoms. The summed E-state index contributed by atoms with van der Waals surface area (Å²) in [4.78, 5) is 10.7. The Morgan fingerprint density at radius 1 is 1.00 bits per heavy atom. The van der Waals surface area contributed by atoms with Gasteiger partial charge in [0.2, 0.25) is 0 Å². The third-order valence-corrected chi connectivity index (χ3v) is 4.84. The molecule has 1 atom stereocenters. The lowest BCUT2D eigenvalue weighted by molar-refractivity contribution is -0.0969. The highest BCUT2D eigenvalue weighted by atomic mass is 16.5. The van der Waals surface area contributed by atoms with Crippen molar-refractivity contribution in [1.82, 2.24) is 5.01 Å². The van der Waals surface area contributed by atoms with E-state index in [-0.39, 0.29) is 11.7 Å². The summed E-state index contributed by atoms with van der Waals surface area (Å²) in [6.07, 6.45) is 1.59. The summed E-state index contributed by atoms with van der Waals surface area (Å²) in [5.41, 5.74) is 3.43. The van der Waals surface area contributed by atoms with Gasteiger partial charge >= 0.3 is 0 Å². The van der Waals surface area contributed by atoms with Crippen molar-refractivity contribution in [2.24, 2.45) is 5.29 Å². The standard InChI is InChI=1S/C18H18N2O2/c21-19-20-12-10-18(11-13-20)16-9-5-4-8-15(16)17(22-18)14-6-2-1-3-7-14/h1-9,17H,10-13H2/t17-/m0/s1. The normalized spacial score (nSPS) is 22.5. The van der Waals surface area contributed by atoms with Crippen LogP contribution in [0.25, 0.3) is 0 Å². The van der Waals surface area contributed by atoms with Crippen molar-refractivity contribution in [2.45, 2.75) is 24.5 Å². The van der Waals surface area contributed by atoms with Crippen LogP contribution in [0.1, 0.15) is 35.6 Å². The van der Waals surface area contributed by atoms with Crippen molar-refractivity contribution in [3.8, 4) is 0 Å². The summed E-state index contributed by atoms with van der Waals surface area (Å²) >= 11 is 0. The third kappa shape index (κ3) is 2.03. The first-order valence-corrected chi connectivity index (χ1v) is 7.73. The maximum atomic E-state index is 10.7. The van der Waals surface area contributed by atoms with Gasteiger partial charge in [-0.15, -0.1) is 4.91 Å². The molecule has 1 spiro atoms. The fourth-order valence-electron chi connectivity index (χ4n) is 3.69. The summed E-state index contributed by atoms with van der Waals surface area (Å²) < 4.78 is 6.57. The molecular formula is C18H18N2O2. The molecule has 0 saturated carbocycles. The lowest BCUT2D eigenvalue weighted by Crippen LogP contribution is -2.40. The van der Waals surface area contributed by atoms with E-state index in [0.717, 1.165) is 12.8 Å². The molecular weight excluding hydrogens is 276 g/mol. The Labute approximate surface area is 129 Å². The van der Waals surface area contributed by atoms with E-state index in [2.05, 4.69) is 41.7 Å². The molecule has 2 aromatic rings. The molecule has 0 aliphatic carbocycles. The Kier molecular flexibility index (Phi) is 3.19. The fraction of sp³-hybridized carbons (Fsp3) is 0.333. The van der Waals surface area contributed by atoms with Crippen molar-refractivity contribution in [3.63, 3.8) is 0 Å². The molecule has 4 heteroatoms. The Bertz CT molecular complexity index is 678. The lowest BCUT2D eigenvalue weighted by atomic mass is 9.83. The molecule has 2 aliphatic rings. The zero-order valence-corrected chi connectivity index (χ0v) is 12.3. The summed E-state index contributed by atoms with van der Waals surface area (Å²) in [5, 5.41) is 4.65. The molecule has 4 nitrogen and oxygen atoms in total. The molecule has 0 N–H and O–H groups in total. The quantitative estimate of drug-likeness (QED) is 0.792. The number of benzene rings is 2. The summed E-state index contributed by atoms with van der Waals surface area (Å²) in [6.45, 7) is 1.30. The molecule has 2 heterocycles. The van der Waals surface area contributed by atoms with E-state index in [9.17, 15) is 4.91 Å². The van der Waals surface area contributed by atoms with Crippen LogP contribution in [-0.2, 0) is 10.3 Å². The second-order valence-corrected chi connectivity index (χ2v) is 6.03. The highest BCUT2D eigenvalue weighted by Gasteiger charge is 2.47. The highest BCUT2D eigenvalue weighted by molar-refractivity contribution is 5.43. The molecule has 4 rings (SSSR count). The maximum absolute atomic E-state index is 10.7. The van der Waals surface area contributed by atoms with Gasteiger partial charge in [-0.05, 0) is 16.7 Å². The number of piperidine rings is 1. The second-order valence-electron chi connectivity index (χ2n) is 6.03. The first-order valence-electron chi connectivity index (χ1n) is 7.73. The van der Waals surface area contributed by atoms with Crippen LogP contribution in [-0.4, -0.2) is 18.1 Å². The molecule has 1 fully saturated rings. The molecule has 0 unspecified atom stereocenters. The van der Waals surface area contributed by atoms with Crippen LogP contribution in [0.2, 0.25) is 0 Å². The summed E-state index contributed by atoms with van der Waals surface area (Å²) in [6, 6.07) is 18.8. The number of hydrogen-bond donors (Lipinski definition) is 0. The van der Waals surface area contributed by atoms with E-state index < -0.39 is 0 Å². The van der Waals surface area contributed by atoms with E-state index in [1.807, 2.05) is 18.2 Å². The van der Waals surface area contributed by atoms with E-state index in [1.165, 1.54) is 16.7 Å². The van der Waals surface area contributed by atoms with Gasteiger partial charge in [-0.2, -0.15) is 0 Å². The van der Waals surface area contributed by atoms with Crippen molar-refractivity contribution < 1.29 is 4.74 Å². The zero-order chi connectivity index (χ0) is 15.0. The molecule has 0 aromatic heterocycles. The molecule has 1 saturated heterocycles. The predicted molar refractivity (Wildman–Crippen MR) is 84.1 cm³/mol. The minimum atomic E-state index is -0.279. The first-order chi connectivity index (χ1) is 10.8. The minimum Gasteiger partial charge on any atom is -0.357 e. The number of fused-ring (bicyclic) bond motifs is 2. The smallest absolute Gasteiger partial charge is 0.109 e. The first kappa shape index (κ1) is 13.5. The summed E-state index contributed by atoms with van der Waals surface area (Å²) in [5.74, 6) is 0. The molecule has 22 heavy (non-hydrogen) atoms. The van der Waals surface area contributed by atoms with Gasteiger partial charge in [0.25, 0.3) is 0 Å². The average molecular weight is 294 g/mol. The van der Waals surface area contributed by atoms with Crippen LogP contribution in [0.15, 0.2) is 59.9 Å². The molecule has 0 amide bonds. The van der Waals surface area contributed by atoms with Gasteiger partial charge in [-0.1, -0.05) is 54.6 Å². The predicted octanol–water partition coefficient (Wildman–Crippen LogP) is 3.78. The van der Waals surface area contributed by atoms with E-state index in [4.69, 9.17) is 4.74 Å². The molecule has 0 radical (unpaired) electrons. The van der Waals surface area contributed by atoms with Gasteiger partial charge in [0.15, 0.2) is 0 Å². The summed E-state index contributed by atoms with van der Waals surface area (Å²) in [7, 11) is 0. The number of ether oxygens (including phenoxy) is 1. The van der Waals surface area contributed by atoms with Crippen LogP contribution in [0.5, 0.6) is 0 Å². The van der Waals surface area contributed by atoms with Crippen molar-refractivity contribution >= 4 is 0 Å². The molecule has 2 aromatic carbocycles. The Morgan fingerprint density at radius 2 is 1.68 bits per heavy atom. The minimum absolute atomic E-state index is 0.0202. The van der Waals surface area contributed by atoms with Crippen LogP contribution in [0.4, 0.5) is 0 Å². The Balaban J connectivity index is 1.73. The van der Waals surface area contributed by atoms with Crippen molar-refractivity contribution in [3.05, 3.63) is 76.2 Å². The number of nitroso groups, excluding NO2 is 1. The number of rotatable bonds is 2. The Hall–Kier alpha value is -2.20. The van der Waals surface area contributed by atoms with Gasteiger partial charge < -0.3 is 4.74 Å². The van der Waals surface area contributed by atoms with Crippen molar-refractivity contribution in [2.75, 3.05) is 13.1 Å². The van der Waals surface area contributed by atoms with Crippen molar-refractivity contribution in [1.29, 1.82) is 0 Å². The third-order valence-electron chi connectivity index (χ3n) is 4.84. The zero-order valence-electron chi connectivity index (χ0n) is 12.3. The van der Waals surface area contributed by atoms with Crippen LogP contribution in [0, 0.1) is 4.91 Å². The number of hydrogen-bond acceptors (Lipinski definition) is 3. The van der Waals surface area contributed by atoms with E-state index in [1.54, 1.807) is 5.01 Å². The topological polar surface area (TPSA) is 41.9 Å². The van der Waals surface area contributed by atoms with Gasteiger partial charge in [-0.25, -0.2) is 0 Å². The van der Waals surface area contributed by atoms with E-state index >= 15 is 0 Å². The van der Waals surface area contributed by atoms with Crippen LogP contribution >= 0.6 is 0 Å². The highest BCUT2D eigenvalue weighted by Crippen LogP contribution is 2.51. The van der Waals surface area contributed by atoms with Gasteiger partial charge in [0, 0.05) is 25.9 Å².